The largest absolute Gasteiger partial charge is 0.412 e. The standard InChI is InChI=1S/C16H30OSi/c1-10-11-12-14(4)15(13(2)3)17-18(8,9)16(5,6)7/h10,13-15H,1H2,2-9H3/t14-,15+/m1/s1. The van der Waals surface area contributed by atoms with Crippen molar-refractivity contribution in [2.24, 2.45) is 11.8 Å². The zero-order chi connectivity index (χ0) is 14.6. The Hall–Kier alpha value is -0.523. The van der Waals surface area contributed by atoms with Crippen molar-refractivity contribution in [1.82, 2.24) is 0 Å². The lowest BCUT2D eigenvalue weighted by Crippen LogP contribution is -2.46. The van der Waals surface area contributed by atoms with Crippen molar-refractivity contribution in [1.29, 1.82) is 0 Å². The lowest BCUT2D eigenvalue weighted by atomic mass is 9.95. The molecule has 0 radical (unpaired) electrons. The van der Waals surface area contributed by atoms with Gasteiger partial charge in [0.2, 0.25) is 0 Å². The molecule has 0 aromatic rings. The molecule has 18 heavy (non-hydrogen) atoms. The fraction of sp³-hybridized carbons (Fsp3) is 0.750. The van der Waals surface area contributed by atoms with Crippen LogP contribution in [-0.2, 0) is 4.43 Å². The van der Waals surface area contributed by atoms with Crippen LogP contribution in [0.4, 0.5) is 0 Å². The quantitative estimate of drug-likeness (QED) is 0.521. The summed E-state index contributed by atoms with van der Waals surface area (Å²) < 4.78 is 6.52. The van der Waals surface area contributed by atoms with Gasteiger partial charge in [0, 0.05) is 5.92 Å². The third-order valence-electron chi connectivity index (χ3n) is 3.80. The monoisotopic (exact) mass is 266 g/mol. The normalized spacial score (nSPS) is 15.8. The number of rotatable bonds is 4. The van der Waals surface area contributed by atoms with Crippen molar-refractivity contribution in [2.45, 2.75) is 65.8 Å². The second-order valence-electron chi connectivity index (χ2n) is 6.87. The lowest BCUT2D eigenvalue weighted by Gasteiger charge is -2.41. The molecular weight excluding hydrogens is 236 g/mol. The van der Waals surface area contributed by atoms with Gasteiger partial charge in [-0.05, 0) is 37.0 Å². The Morgan fingerprint density at radius 2 is 1.67 bits per heavy atom. The molecule has 0 bridgehead atoms. The van der Waals surface area contributed by atoms with Crippen LogP contribution in [0.2, 0.25) is 18.1 Å². The molecule has 0 aromatic carbocycles. The molecule has 0 unspecified atom stereocenters. The van der Waals surface area contributed by atoms with Gasteiger partial charge >= 0.3 is 0 Å². The van der Waals surface area contributed by atoms with Gasteiger partial charge < -0.3 is 4.43 Å². The molecule has 104 valence electrons. The molecule has 0 amide bonds. The maximum absolute atomic E-state index is 6.52. The van der Waals surface area contributed by atoms with Crippen LogP contribution < -0.4 is 0 Å². The van der Waals surface area contributed by atoms with Crippen LogP contribution in [0.25, 0.3) is 0 Å². The topological polar surface area (TPSA) is 9.23 Å². The highest BCUT2D eigenvalue weighted by Crippen LogP contribution is 2.39. The van der Waals surface area contributed by atoms with Crippen LogP contribution in [0.1, 0.15) is 41.5 Å². The Morgan fingerprint density at radius 1 is 1.17 bits per heavy atom. The Kier molecular flexibility index (Phi) is 6.40. The van der Waals surface area contributed by atoms with E-state index >= 15 is 0 Å². The first-order valence-electron chi connectivity index (χ1n) is 6.82. The molecule has 2 atom stereocenters. The maximum atomic E-state index is 6.52. The van der Waals surface area contributed by atoms with E-state index in [0.29, 0.717) is 5.92 Å². The van der Waals surface area contributed by atoms with Gasteiger partial charge in [-0.1, -0.05) is 53.0 Å². The predicted molar refractivity (Wildman–Crippen MR) is 84.0 cm³/mol. The highest BCUT2D eigenvalue weighted by molar-refractivity contribution is 6.74. The first kappa shape index (κ1) is 17.5. The Balaban J connectivity index is 5.00. The van der Waals surface area contributed by atoms with E-state index in [0.717, 1.165) is 0 Å². The molecule has 0 saturated carbocycles. The van der Waals surface area contributed by atoms with Crippen LogP contribution in [0.15, 0.2) is 12.7 Å². The minimum Gasteiger partial charge on any atom is -0.412 e. The molecule has 0 fully saturated rings. The zero-order valence-electron chi connectivity index (χ0n) is 13.4. The third-order valence-corrected chi connectivity index (χ3v) is 8.27. The van der Waals surface area contributed by atoms with Gasteiger partial charge in [0.25, 0.3) is 0 Å². The van der Waals surface area contributed by atoms with E-state index in [9.17, 15) is 0 Å². The Labute approximate surface area is 115 Å². The van der Waals surface area contributed by atoms with Crippen molar-refractivity contribution < 1.29 is 4.43 Å². The van der Waals surface area contributed by atoms with Gasteiger partial charge in [0.15, 0.2) is 8.32 Å². The van der Waals surface area contributed by atoms with E-state index in [2.05, 4.69) is 73.1 Å². The summed E-state index contributed by atoms with van der Waals surface area (Å²) >= 11 is 0. The molecule has 0 spiro atoms. The summed E-state index contributed by atoms with van der Waals surface area (Å²) in [5, 5.41) is 0.242. The second kappa shape index (κ2) is 6.59. The fourth-order valence-electron chi connectivity index (χ4n) is 1.60. The number of hydrogen-bond acceptors (Lipinski definition) is 1. The first-order chi connectivity index (χ1) is 8.03. The molecule has 0 rings (SSSR count). The molecular formula is C16H30OSi. The Bertz CT molecular complexity index is 325. The summed E-state index contributed by atoms with van der Waals surface area (Å²) in [5.41, 5.74) is 0. The molecule has 0 aliphatic heterocycles. The van der Waals surface area contributed by atoms with Crippen LogP contribution in [0.3, 0.4) is 0 Å². The van der Waals surface area contributed by atoms with E-state index in [-0.39, 0.29) is 17.1 Å². The minimum absolute atomic E-state index is 0.207. The lowest BCUT2D eigenvalue weighted by molar-refractivity contribution is 0.104. The third kappa shape index (κ3) is 5.00. The summed E-state index contributed by atoms with van der Waals surface area (Å²) in [6.07, 6.45) is 1.86. The van der Waals surface area contributed by atoms with Crippen molar-refractivity contribution in [3.8, 4) is 11.8 Å². The molecule has 0 aliphatic rings. The molecule has 1 nitrogen and oxygen atoms in total. The molecule has 0 saturated heterocycles. The van der Waals surface area contributed by atoms with Gasteiger partial charge in [-0.25, -0.2) is 0 Å². The van der Waals surface area contributed by atoms with Crippen molar-refractivity contribution in [2.75, 3.05) is 0 Å². The SMILES string of the molecule is C=CC#C[C@@H](C)[C@@H](O[Si](C)(C)C(C)(C)C)C(C)C. The molecule has 0 heterocycles. The average Bonchev–Trinajstić information content (AvgIpc) is 2.20. The van der Waals surface area contributed by atoms with Crippen LogP contribution in [-0.4, -0.2) is 14.4 Å². The molecule has 0 N–H and O–H groups in total. The van der Waals surface area contributed by atoms with Crippen LogP contribution >= 0.6 is 0 Å². The van der Waals surface area contributed by atoms with E-state index in [1.54, 1.807) is 6.08 Å². The van der Waals surface area contributed by atoms with E-state index in [1.807, 2.05) is 0 Å². The minimum atomic E-state index is -1.73. The summed E-state index contributed by atoms with van der Waals surface area (Å²) in [4.78, 5) is 0. The molecule has 0 aliphatic carbocycles. The van der Waals surface area contributed by atoms with Crippen LogP contribution in [0, 0.1) is 23.7 Å². The van der Waals surface area contributed by atoms with Gasteiger partial charge in [-0.2, -0.15) is 0 Å². The summed E-state index contributed by atoms with van der Waals surface area (Å²) in [6.45, 7) is 21.6. The summed E-state index contributed by atoms with van der Waals surface area (Å²) in [5.74, 6) is 6.90. The first-order valence-corrected chi connectivity index (χ1v) is 9.73. The van der Waals surface area contributed by atoms with Gasteiger partial charge in [-0.3, -0.25) is 0 Å². The highest BCUT2D eigenvalue weighted by Gasteiger charge is 2.40. The van der Waals surface area contributed by atoms with Gasteiger partial charge in [0.1, 0.15) is 0 Å². The van der Waals surface area contributed by atoms with E-state index < -0.39 is 8.32 Å². The Morgan fingerprint density at radius 3 is 2.00 bits per heavy atom. The maximum Gasteiger partial charge on any atom is 0.192 e. The number of hydrogen-bond donors (Lipinski definition) is 0. The van der Waals surface area contributed by atoms with Crippen molar-refractivity contribution >= 4 is 8.32 Å². The van der Waals surface area contributed by atoms with E-state index in [4.69, 9.17) is 4.43 Å². The smallest absolute Gasteiger partial charge is 0.192 e. The molecule has 0 aromatic heterocycles. The average molecular weight is 267 g/mol. The number of allylic oxidation sites excluding steroid dienone is 1. The zero-order valence-corrected chi connectivity index (χ0v) is 14.4. The summed E-state index contributed by atoms with van der Waals surface area (Å²) in [6, 6.07) is 0. The van der Waals surface area contributed by atoms with Crippen molar-refractivity contribution in [3.05, 3.63) is 12.7 Å². The van der Waals surface area contributed by atoms with E-state index in [1.165, 1.54) is 0 Å². The van der Waals surface area contributed by atoms with Gasteiger partial charge in [-0.15, -0.1) is 0 Å². The van der Waals surface area contributed by atoms with Crippen molar-refractivity contribution in [3.63, 3.8) is 0 Å². The van der Waals surface area contributed by atoms with Crippen LogP contribution in [0.5, 0.6) is 0 Å². The highest BCUT2D eigenvalue weighted by atomic mass is 28.4. The van der Waals surface area contributed by atoms with Gasteiger partial charge in [0.05, 0.1) is 6.10 Å². The molecule has 2 heteroatoms. The summed E-state index contributed by atoms with van der Waals surface area (Å²) in [7, 11) is -1.73. The predicted octanol–water partition coefficient (Wildman–Crippen LogP) is 4.86. The fourth-order valence-corrected chi connectivity index (χ4v) is 3.12. The second-order valence-corrected chi connectivity index (χ2v) is 11.6.